The normalized spacial score (nSPS) is 10.8. The number of fused-ring (bicyclic) bond motifs is 1. The molecular formula is C16H17N3O2. The molecule has 108 valence electrons. The van der Waals surface area contributed by atoms with Gasteiger partial charge < -0.3 is 14.2 Å². The van der Waals surface area contributed by atoms with E-state index in [-0.39, 0.29) is 0 Å². The number of anilines is 1. The summed E-state index contributed by atoms with van der Waals surface area (Å²) in [6.07, 6.45) is 2.68. The van der Waals surface area contributed by atoms with Gasteiger partial charge in [-0.2, -0.15) is 0 Å². The highest BCUT2D eigenvalue weighted by Gasteiger charge is 2.13. The Morgan fingerprint density at radius 3 is 2.90 bits per heavy atom. The van der Waals surface area contributed by atoms with E-state index in [9.17, 15) is 0 Å². The fourth-order valence-electron chi connectivity index (χ4n) is 2.24. The van der Waals surface area contributed by atoms with E-state index in [4.69, 9.17) is 9.26 Å². The van der Waals surface area contributed by atoms with Gasteiger partial charge in [-0.1, -0.05) is 11.2 Å². The van der Waals surface area contributed by atoms with Crippen molar-refractivity contribution in [3.05, 3.63) is 48.3 Å². The van der Waals surface area contributed by atoms with Crippen LogP contribution in [-0.4, -0.2) is 30.8 Å². The molecule has 0 N–H and O–H groups in total. The summed E-state index contributed by atoms with van der Waals surface area (Å²) in [6, 6.07) is 11.7. The monoisotopic (exact) mass is 283 g/mol. The molecule has 2 aromatic heterocycles. The highest BCUT2D eigenvalue weighted by Crippen LogP contribution is 2.28. The van der Waals surface area contributed by atoms with E-state index < -0.39 is 0 Å². The average Bonchev–Trinajstić information content (AvgIpc) is 2.96. The molecule has 5 nitrogen and oxygen atoms in total. The van der Waals surface area contributed by atoms with Gasteiger partial charge in [-0.15, -0.1) is 0 Å². The standard InChI is InChI=1S/C16H17N3O2/c1-19(10-8-12-5-3-4-9-17-12)16-14-7-6-13(20-2)11-15(14)21-18-16/h3-7,9,11H,8,10H2,1-2H3. The van der Waals surface area contributed by atoms with Gasteiger partial charge >= 0.3 is 0 Å². The third-order valence-electron chi connectivity index (χ3n) is 3.45. The zero-order valence-corrected chi connectivity index (χ0v) is 12.1. The summed E-state index contributed by atoms with van der Waals surface area (Å²) < 4.78 is 10.6. The number of nitrogens with zero attached hydrogens (tertiary/aromatic N) is 3. The molecule has 21 heavy (non-hydrogen) atoms. The topological polar surface area (TPSA) is 51.4 Å². The van der Waals surface area contributed by atoms with Crippen molar-refractivity contribution >= 4 is 16.8 Å². The fraction of sp³-hybridized carbons (Fsp3) is 0.250. The lowest BCUT2D eigenvalue weighted by Gasteiger charge is -2.15. The van der Waals surface area contributed by atoms with E-state index in [1.807, 2.05) is 49.6 Å². The van der Waals surface area contributed by atoms with Crippen LogP contribution in [0.5, 0.6) is 5.75 Å². The summed E-state index contributed by atoms with van der Waals surface area (Å²) in [5, 5.41) is 5.14. The number of methoxy groups -OCH3 is 1. The lowest BCUT2D eigenvalue weighted by Crippen LogP contribution is -2.21. The van der Waals surface area contributed by atoms with E-state index in [1.165, 1.54) is 0 Å². The molecule has 0 spiro atoms. The molecule has 0 unspecified atom stereocenters. The zero-order valence-electron chi connectivity index (χ0n) is 12.1. The summed E-state index contributed by atoms with van der Waals surface area (Å²) in [5.74, 6) is 1.60. The van der Waals surface area contributed by atoms with E-state index in [1.54, 1.807) is 7.11 Å². The quantitative estimate of drug-likeness (QED) is 0.720. The van der Waals surface area contributed by atoms with Crippen LogP contribution in [0.2, 0.25) is 0 Å². The Morgan fingerprint density at radius 2 is 2.14 bits per heavy atom. The van der Waals surface area contributed by atoms with Crippen molar-refractivity contribution < 1.29 is 9.26 Å². The van der Waals surface area contributed by atoms with E-state index in [0.29, 0.717) is 0 Å². The van der Waals surface area contributed by atoms with Gasteiger partial charge in [0.2, 0.25) is 0 Å². The second-order valence-electron chi connectivity index (χ2n) is 4.86. The van der Waals surface area contributed by atoms with Gasteiger partial charge in [-0.05, 0) is 24.3 Å². The van der Waals surface area contributed by atoms with Gasteiger partial charge in [-0.25, -0.2) is 0 Å². The van der Waals surface area contributed by atoms with Crippen molar-refractivity contribution in [1.29, 1.82) is 0 Å². The number of hydrogen-bond donors (Lipinski definition) is 0. The van der Waals surface area contributed by atoms with E-state index >= 15 is 0 Å². The first-order valence-corrected chi connectivity index (χ1v) is 6.82. The second kappa shape index (κ2) is 5.83. The summed E-state index contributed by atoms with van der Waals surface area (Å²) in [7, 11) is 3.64. The fourth-order valence-corrected chi connectivity index (χ4v) is 2.24. The predicted molar refractivity (Wildman–Crippen MR) is 81.8 cm³/mol. The molecule has 3 aromatic rings. The van der Waals surface area contributed by atoms with Gasteiger partial charge in [0.25, 0.3) is 0 Å². The Balaban J connectivity index is 1.77. The Bertz CT molecular complexity index is 725. The first-order valence-electron chi connectivity index (χ1n) is 6.82. The number of rotatable bonds is 5. The summed E-state index contributed by atoms with van der Waals surface area (Å²) in [5.41, 5.74) is 1.80. The molecule has 0 bridgehead atoms. The molecule has 0 amide bonds. The van der Waals surface area contributed by atoms with Crippen LogP contribution in [0.3, 0.4) is 0 Å². The molecule has 0 aliphatic heterocycles. The Morgan fingerprint density at radius 1 is 1.24 bits per heavy atom. The van der Waals surface area contributed by atoms with Crippen LogP contribution >= 0.6 is 0 Å². The number of hydrogen-bond acceptors (Lipinski definition) is 5. The number of benzene rings is 1. The first kappa shape index (κ1) is 13.4. The van der Waals surface area contributed by atoms with E-state index in [0.717, 1.165) is 41.2 Å². The third-order valence-corrected chi connectivity index (χ3v) is 3.45. The molecule has 0 saturated heterocycles. The molecular weight excluding hydrogens is 266 g/mol. The Hall–Kier alpha value is -2.56. The predicted octanol–water partition coefficient (Wildman–Crippen LogP) is 2.91. The van der Waals surface area contributed by atoms with Gasteiger partial charge in [0.15, 0.2) is 11.4 Å². The molecule has 0 saturated carbocycles. The van der Waals surface area contributed by atoms with Crippen molar-refractivity contribution in [1.82, 2.24) is 10.1 Å². The van der Waals surface area contributed by atoms with Gasteiger partial charge in [-0.3, -0.25) is 4.98 Å². The van der Waals surface area contributed by atoms with Crippen LogP contribution in [-0.2, 0) is 6.42 Å². The largest absolute Gasteiger partial charge is 0.497 e. The molecule has 3 rings (SSSR count). The molecule has 5 heteroatoms. The van der Waals surface area contributed by atoms with Crippen molar-refractivity contribution in [3.63, 3.8) is 0 Å². The minimum absolute atomic E-state index is 0.731. The lowest BCUT2D eigenvalue weighted by atomic mass is 10.2. The van der Waals surface area contributed by atoms with Crippen LogP contribution in [0.1, 0.15) is 5.69 Å². The third kappa shape index (κ3) is 2.81. The first-order chi connectivity index (χ1) is 10.3. The van der Waals surface area contributed by atoms with Crippen LogP contribution < -0.4 is 9.64 Å². The average molecular weight is 283 g/mol. The molecule has 0 aliphatic carbocycles. The highest BCUT2D eigenvalue weighted by atomic mass is 16.5. The molecule has 0 atom stereocenters. The minimum atomic E-state index is 0.731. The molecule has 1 aromatic carbocycles. The van der Waals surface area contributed by atoms with Gasteiger partial charge in [0, 0.05) is 38.0 Å². The number of ether oxygens (including phenoxy) is 1. The summed E-state index contributed by atoms with van der Waals surface area (Å²) in [6.45, 7) is 0.824. The molecule has 0 radical (unpaired) electrons. The maximum atomic E-state index is 5.38. The van der Waals surface area contributed by atoms with Gasteiger partial charge in [0.1, 0.15) is 5.75 Å². The van der Waals surface area contributed by atoms with E-state index in [2.05, 4.69) is 15.0 Å². The van der Waals surface area contributed by atoms with Crippen molar-refractivity contribution in [2.45, 2.75) is 6.42 Å². The van der Waals surface area contributed by atoms with Crippen LogP contribution in [0.25, 0.3) is 11.0 Å². The maximum Gasteiger partial charge on any atom is 0.179 e. The van der Waals surface area contributed by atoms with Crippen molar-refractivity contribution in [2.24, 2.45) is 0 Å². The zero-order chi connectivity index (χ0) is 14.7. The number of likely N-dealkylation sites (N-methyl/N-ethyl adjacent to an activating group) is 1. The minimum Gasteiger partial charge on any atom is -0.497 e. The van der Waals surface area contributed by atoms with Gasteiger partial charge in [0.05, 0.1) is 12.5 Å². The summed E-state index contributed by atoms with van der Waals surface area (Å²) >= 11 is 0. The molecule has 0 fully saturated rings. The van der Waals surface area contributed by atoms with Crippen LogP contribution in [0.15, 0.2) is 47.1 Å². The van der Waals surface area contributed by atoms with Crippen molar-refractivity contribution in [2.75, 3.05) is 25.6 Å². The lowest BCUT2D eigenvalue weighted by molar-refractivity contribution is 0.412. The van der Waals surface area contributed by atoms with Crippen LogP contribution in [0, 0.1) is 0 Å². The maximum absolute atomic E-state index is 5.38. The number of pyridine rings is 1. The highest BCUT2D eigenvalue weighted by molar-refractivity contribution is 5.89. The van der Waals surface area contributed by atoms with Crippen LogP contribution in [0.4, 0.5) is 5.82 Å². The van der Waals surface area contributed by atoms with Crippen molar-refractivity contribution in [3.8, 4) is 5.75 Å². The second-order valence-corrected chi connectivity index (χ2v) is 4.86. The Labute approximate surface area is 123 Å². The number of aromatic nitrogens is 2. The molecule has 2 heterocycles. The smallest absolute Gasteiger partial charge is 0.179 e. The SMILES string of the molecule is COc1ccc2c(N(C)CCc3ccccn3)noc2c1. The molecule has 0 aliphatic rings. The Kier molecular flexibility index (Phi) is 3.73. The summed E-state index contributed by atoms with van der Waals surface area (Å²) in [4.78, 5) is 6.41.